The molecule has 21 heavy (non-hydrogen) atoms. The summed E-state index contributed by atoms with van der Waals surface area (Å²) >= 11 is 3.39. The number of benzene rings is 1. The van der Waals surface area contributed by atoms with E-state index in [1.165, 1.54) is 0 Å². The standard InChI is InChI=1S/C15H20BrN3O2/c1-17(2)15(21)19-9-7-18(8-10-19)14(20)13-5-3-12(11-16)4-6-13/h3-6H,7-11H2,1-2H3. The number of carbonyl (C=O) groups is 2. The Morgan fingerprint density at radius 3 is 2.05 bits per heavy atom. The highest BCUT2D eigenvalue weighted by Gasteiger charge is 2.25. The van der Waals surface area contributed by atoms with Gasteiger partial charge in [-0.2, -0.15) is 0 Å². The molecule has 1 aliphatic rings. The fourth-order valence-corrected chi connectivity index (χ4v) is 2.68. The highest BCUT2D eigenvalue weighted by molar-refractivity contribution is 9.08. The number of nitrogens with zero attached hydrogens (tertiary/aromatic N) is 3. The first kappa shape index (κ1) is 15.8. The van der Waals surface area contributed by atoms with Gasteiger partial charge < -0.3 is 14.7 Å². The predicted octanol–water partition coefficient (Wildman–Crippen LogP) is 2.02. The molecule has 0 N–H and O–H groups in total. The number of hydrogen-bond acceptors (Lipinski definition) is 2. The SMILES string of the molecule is CN(C)C(=O)N1CCN(C(=O)c2ccc(CBr)cc2)CC1. The van der Waals surface area contributed by atoms with Crippen LogP contribution in [0.5, 0.6) is 0 Å². The quantitative estimate of drug-likeness (QED) is 0.763. The van der Waals surface area contributed by atoms with E-state index in [1.807, 2.05) is 29.2 Å². The molecule has 0 aliphatic carbocycles. The smallest absolute Gasteiger partial charge is 0.319 e. The van der Waals surface area contributed by atoms with Gasteiger partial charge in [0.15, 0.2) is 0 Å². The number of halogens is 1. The highest BCUT2D eigenvalue weighted by atomic mass is 79.9. The van der Waals surface area contributed by atoms with Crippen LogP contribution in [0, 0.1) is 0 Å². The zero-order valence-corrected chi connectivity index (χ0v) is 14.0. The number of carbonyl (C=O) groups excluding carboxylic acids is 2. The van der Waals surface area contributed by atoms with Crippen LogP contribution < -0.4 is 0 Å². The Morgan fingerprint density at radius 1 is 1.05 bits per heavy atom. The van der Waals surface area contributed by atoms with Gasteiger partial charge in [-0.3, -0.25) is 4.79 Å². The van der Waals surface area contributed by atoms with Gasteiger partial charge in [0, 0.05) is 51.2 Å². The molecule has 1 aromatic rings. The van der Waals surface area contributed by atoms with Gasteiger partial charge in [0.1, 0.15) is 0 Å². The van der Waals surface area contributed by atoms with Gasteiger partial charge in [0.05, 0.1) is 0 Å². The van der Waals surface area contributed by atoms with Gasteiger partial charge in [-0.15, -0.1) is 0 Å². The van der Waals surface area contributed by atoms with Gasteiger partial charge in [-0.25, -0.2) is 4.79 Å². The van der Waals surface area contributed by atoms with Crippen LogP contribution in [0.1, 0.15) is 15.9 Å². The van der Waals surface area contributed by atoms with Crippen LogP contribution >= 0.6 is 15.9 Å². The van der Waals surface area contributed by atoms with Crippen molar-refractivity contribution in [2.24, 2.45) is 0 Å². The zero-order chi connectivity index (χ0) is 15.4. The first-order chi connectivity index (χ1) is 10.0. The molecule has 0 saturated carbocycles. The lowest BCUT2D eigenvalue weighted by molar-refractivity contribution is 0.0650. The normalized spacial score (nSPS) is 15.0. The molecule has 0 aromatic heterocycles. The van der Waals surface area contributed by atoms with E-state index in [-0.39, 0.29) is 11.9 Å². The maximum absolute atomic E-state index is 12.4. The van der Waals surface area contributed by atoms with Crippen molar-refractivity contribution in [2.75, 3.05) is 40.3 Å². The number of amides is 3. The second-order valence-electron chi connectivity index (χ2n) is 5.29. The summed E-state index contributed by atoms with van der Waals surface area (Å²) in [6, 6.07) is 7.62. The fraction of sp³-hybridized carbons (Fsp3) is 0.467. The summed E-state index contributed by atoms with van der Waals surface area (Å²) in [5.74, 6) is 0.0353. The predicted molar refractivity (Wildman–Crippen MR) is 85.6 cm³/mol. The fourth-order valence-electron chi connectivity index (χ4n) is 2.30. The summed E-state index contributed by atoms with van der Waals surface area (Å²) in [6.45, 7) is 2.34. The summed E-state index contributed by atoms with van der Waals surface area (Å²) in [7, 11) is 3.48. The molecule has 114 valence electrons. The van der Waals surface area contributed by atoms with Crippen molar-refractivity contribution in [1.82, 2.24) is 14.7 Å². The highest BCUT2D eigenvalue weighted by Crippen LogP contribution is 2.12. The van der Waals surface area contributed by atoms with E-state index in [0.717, 1.165) is 10.9 Å². The van der Waals surface area contributed by atoms with Crippen LogP contribution in [-0.4, -0.2) is 66.9 Å². The molecule has 1 saturated heterocycles. The third kappa shape index (κ3) is 3.75. The number of hydrogen-bond donors (Lipinski definition) is 0. The Kier molecular flexibility index (Phi) is 5.22. The average Bonchev–Trinajstić information content (AvgIpc) is 2.53. The van der Waals surface area contributed by atoms with Crippen molar-refractivity contribution in [3.05, 3.63) is 35.4 Å². The van der Waals surface area contributed by atoms with Gasteiger partial charge >= 0.3 is 6.03 Å². The average molecular weight is 354 g/mol. The Balaban J connectivity index is 1.95. The molecule has 1 fully saturated rings. The van der Waals surface area contributed by atoms with E-state index in [9.17, 15) is 9.59 Å². The summed E-state index contributed by atoms with van der Waals surface area (Å²) in [5.41, 5.74) is 1.85. The lowest BCUT2D eigenvalue weighted by Gasteiger charge is -2.36. The minimum Gasteiger partial charge on any atom is -0.335 e. The number of rotatable bonds is 2. The first-order valence-electron chi connectivity index (χ1n) is 6.93. The first-order valence-corrected chi connectivity index (χ1v) is 8.05. The van der Waals surface area contributed by atoms with Crippen molar-refractivity contribution in [1.29, 1.82) is 0 Å². The van der Waals surface area contributed by atoms with Crippen LogP contribution in [0.2, 0.25) is 0 Å². The third-order valence-electron chi connectivity index (χ3n) is 3.58. The van der Waals surface area contributed by atoms with Crippen LogP contribution in [0.3, 0.4) is 0 Å². The lowest BCUT2D eigenvalue weighted by Crippen LogP contribution is -2.52. The summed E-state index contributed by atoms with van der Waals surface area (Å²) in [5, 5.41) is 0.785. The molecule has 5 nitrogen and oxygen atoms in total. The molecular formula is C15H20BrN3O2. The largest absolute Gasteiger partial charge is 0.335 e. The van der Waals surface area contributed by atoms with Crippen LogP contribution in [0.25, 0.3) is 0 Å². The summed E-state index contributed by atoms with van der Waals surface area (Å²) in [6.07, 6.45) is 0. The molecule has 0 unspecified atom stereocenters. The molecule has 2 rings (SSSR count). The van der Waals surface area contributed by atoms with Gasteiger partial charge in [0.2, 0.25) is 0 Å². The minimum atomic E-state index is 0.00349. The van der Waals surface area contributed by atoms with Gasteiger partial charge in [0.25, 0.3) is 5.91 Å². The maximum Gasteiger partial charge on any atom is 0.319 e. The molecule has 0 spiro atoms. The van der Waals surface area contributed by atoms with Crippen molar-refractivity contribution in [3.8, 4) is 0 Å². The zero-order valence-electron chi connectivity index (χ0n) is 12.4. The molecule has 1 aliphatic heterocycles. The van der Waals surface area contributed by atoms with Crippen LogP contribution in [0.15, 0.2) is 24.3 Å². The second kappa shape index (κ2) is 6.93. The number of alkyl halides is 1. The molecule has 0 bridgehead atoms. The van der Waals surface area contributed by atoms with Crippen LogP contribution in [-0.2, 0) is 5.33 Å². The summed E-state index contributed by atoms with van der Waals surface area (Å²) in [4.78, 5) is 29.4. The van der Waals surface area contributed by atoms with E-state index >= 15 is 0 Å². The minimum absolute atomic E-state index is 0.00349. The molecule has 0 radical (unpaired) electrons. The Hall–Kier alpha value is -1.56. The summed E-state index contributed by atoms with van der Waals surface area (Å²) < 4.78 is 0. The molecule has 0 atom stereocenters. The van der Waals surface area contributed by atoms with E-state index < -0.39 is 0 Å². The lowest BCUT2D eigenvalue weighted by atomic mass is 10.1. The van der Waals surface area contributed by atoms with E-state index in [1.54, 1.807) is 23.9 Å². The second-order valence-corrected chi connectivity index (χ2v) is 5.85. The van der Waals surface area contributed by atoms with E-state index in [4.69, 9.17) is 0 Å². The molecular weight excluding hydrogens is 334 g/mol. The van der Waals surface area contributed by atoms with Crippen LogP contribution in [0.4, 0.5) is 4.79 Å². The Bertz CT molecular complexity index is 508. The van der Waals surface area contributed by atoms with Gasteiger partial charge in [-0.1, -0.05) is 28.1 Å². The van der Waals surface area contributed by atoms with Crippen molar-refractivity contribution in [2.45, 2.75) is 5.33 Å². The molecule has 6 heteroatoms. The van der Waals surface area contributed by atoms with Crippen molar-refractivity contribution in [3.63, 3.8) is 0 Å². The third-order valence-corrected chi connectivity index (χ3v) is 4.22. The monoisotopic (exact) mass is 353 g/mol. The van der Waals surface area contributed by atoms with Crippen molar-refractivity contribution < 1.29 is 9.59 Å². The molecule has 1 aromatic carbocycles. The van der Waals surface area contributed by atoms with E-state index in [2.05, 4.69) is 15.9 Å². The topological polar surface area (TPSA) is 43.9 Å². The molecule has 3 amide bonds. The number of piperazine rings is 1. The van der Waals surface area contributed by atoms with Gasteiger partial charge in [-0.05, 0) is 17.7 Å². The van der Waals surface area contributed by atoms with Crippen molar-refractivity contribution >= 4 is 27.9 Å². The Labute approximate surface area is 133 Å². The Morgan fingerprint density at radius 2 is 1.57 bits per heavy atom. The number of urea groups is 1. The maximum atomic E-state index is 12.4. The molecule has 1 heterocycles. The van der Waals surface area contributed by atoms with E-state index in [0.29, 0.717) is 31.7 Å².